The van der Waals surface area contributed by atoms with Crippen molar-refractivity contribution in [1.29, 1.82) is 0 Å². The molecule has 1 rings (SSSR count). The Morgan fingerprint density at radius 3 is 2.55 bits per heavy atom. The molecule has 2 N–H and O–H groups in total. The molecule has 0 unspecified atom stereocenters. The molecule has 0 saturated carbocycles. The zero-order valence-electron chi connectivity index (χ0n) is 6.71. The first-order chi connectivity index (χ1) is 5.20. The lowest BCUT2D eigenvalue weighted by molar-refractivity contribution is 0.164. The summed E-state index contributed by atoms with van der Waals surface area (Å²) in [6.45, 7) is 3.91. The van der Waals surface area contributed by atoms with E-state index in [1.54, 1.807) is 0 Å². The predicted molar refractivity (Wildman–Crippen MR) is 41.4 cm³/mol. The summed E-state index contributed by atoms with van der Waals surface area (Å²) in [5, 5.41) is 10.8. The molecule has 4 nitrogen and oxygen atoms in total. The summed E-state index contributed by atoms with van der Waals surface area (Å²) in [5.74, 6) is 0. The van der Waals surface area contributed by atoms with Crippen molar-refractivity contribution in [3.63, 3.8) is 0 Å². The van der Waals surface area contributed by atoms with Crippen molar-refractivity contribution in [3.05, 3.63) is 0 Å². The first-order valence-corrected chi connectivity index (χ1v) is 3.93. The average Bonchev–Trinajstić information content (AvgIpc) is 2.35. The molecular weight excluding hydrogens is 144 g/mol. The van der Waals surface area contributed by atoms with Crippen LogP contribution in [0.4, 0.5) is 4.79 Å². The number of carbonyl (C=O) groups is 1. The van der Waals surface area contributed by atoms with Crippen molar-refractivity contribution in [1.82, 2.24) is 10.2 Å². The summed E-state index contributed by atoms with van der Waals surface area (Å²) in [7, 11) is 0. The standard InChI is InChI=1S/C7H14N2O2/c1-6(8-7(10)11)9-4-2-3-5-9/h6,8H,2-5H2,1H3,(H,10,11)/t6-/m1/s1. The van der Waals surface area contributed by atoms with Gasteiger partial charge in [-0.25, -0.2) is 4.79 Å². The first-order valence-electron chi connectivity index (χ1n) is 3.93. The molecule has 1 amide bonds. The number of hydrogen-bond donors (Lipinski definition) is 2. The molecule has 1 aliphatic heterocycles. The second-order valence-electron chi connectivity index (χ2n) is 2.87. The maximum atomic E-state index is 10.2. The van der Waals surface area contributed by atoms with Crippen LogP contribution in [0.25, 0.3) is 0 Å². The fourth-order valence-electron chi connectivity index (χ4n) is 1.40. The molecule has 4 heteroatoms. The van der Waals surface area contributed by atoms with Crippen LogP contribution in [0.1, 0.15) is 19.8 Å². The van der Waals surface area contributed by atoms with Crippen LogP contribution in [-0.2, 0) is 0 Å². The normalized spacial score (nSPS) is 21.5. The third kappa shape index (κ3) is 2.38. The fraction of sp³-hybridized carbons (Fsp3) is 0.857. The molecule has 1 saturated heterocycles. The molecule has 1 heterocycles. The van der Waals surface area contributed by atoms with E-state index in [2.05, 4.69) is 10.2 Å². The quantitative estimate of drug-likeness (QED) is 0.621. The highest BCUT2D eigenvalue weighted by Gasteiger charge is 2.18. The summed E-state index contributed by atoms with van der Waals surface area (Å²) >= 11 is 0. The lowest BCUT2D eigenvalue weighted by atomic mass is 10.4. The van der Waals surface area contributed by atoms with Gasteiger partial charge in [-0.15, -0.1) is 0 Å². The second kappa shape index (κ2) is 3.57. The number of amides is 1. The van der Waals surface area contributed by atoms with E-state index in [-0.39, 0.29) is 6.17 Å². The lowest BCUT2D eigenvalue weighted by Crippen LogP contribution is -2.44. The third-order valence-corrected chi connectivity index (χ3v) is 2.02. The van der Waals surface area contributed by atoms with Crippen molar-refractivity contribution in [3.8, 4) is 0 Å². The van der Waals surface area contributed by atoms with Gasteiger partial charge in [-0.1, -0.05) is 0 Å². The van der Waals surface area contributed by atoms with Gasteiger partial charge in [0.25, 0.3) is 0 Å². The molecule has 0 aliphatic carbocycles. The van der Waals surface area contributed by atoms with Crippen LogP contribution >= 0.6 is 0 Å². The second-order valence-corrected chi connectivity index (χ2v) is 2.87. The van der Waals surface area contributed by atoms with Crippen LogP contribution in [-0.4, -0.2) is 35.4 Å². The molecule has 1 fully saturated rings. The van der Waals surface area contributed by atoms with Gasteiger partial charge in [0.05, 0.1) is 6.17 Å². The van der Waals surface area contributed by atoms with Gasteiger partial charge < -0.3 is 10.4 Å². The van der Waals surface area contributed by atoms with Crippen molar-refractivity contribution < 1.29 is 9.90 Å². The Morgan fingerprint density at radius 2 is 2.09 bits per heavy atom. The van der Waals surface area contributed by atoms with E-state index in [0.29, 0.717) is 0 Å². The van der Waals surface area contributed by atoms with Crippen molar-refractivity contribution in [2.45, 2.75) is 25.9 Å². The minimum Gasteiger partial charge on any atom is -0.465 e. The molecule has 0 spiro atoms. The van der Waals surface area contributed by atoms with Crippen LogP contribution in [0.15, 0.2) is 0 Å². The maximum absolute atomic E-state index is 10.2. The minimum absolute atomic E-state index is 0.0324. The smallest absolute Gasteiger partial charge is 0.405 e. The summed E-state index contributed by atoms with van der Waals surface area (Å²) in [5.41, 5.74) is 0. The number of carboxylic acid groups (broad SMARTS) is 1. The Kier molecular flexibility index (Phi) is 2.70. The SMILES string of the molecule is C[C@H](NC(=O)O)N1CCCC1. The third-order valence-electron chi connectivity index (χ3n) is 2.02. The molecule has 11 heavy (non-hydrogen) atoms. The van der Waals surface area contributed by atoms with Crippen molar-refractivity contribution >= 4 is 6.09 Å². The van der Waals surface area contributed by atoms with Gasteiger partial charge in [0, 0.05) is 13.1 Å². The Balaban J connectivity index is 2.28. The maximum Gasteiger partial charge on any atom is 0.405 e. The Hall–Kier alpha value is -0.770. The van der Waals surface area contributed by atoms with E-state index in [0.717, 1.165) is 13.1 Å². The summed E-state index contributed by atoms with van der Waals surface area (Å²) < 4.78 is 0. The summed E-state index contributed by atoms with van der Waals surface area (Å²) in [6, 6.07) is 0. The van der Waals surface area contributed by atoms with Gasteiger partial charge in [0.15, 0.2) is 0 Å². The summed E-state index contributed by atoms with van der Waals surface area (Å²) in [6.07, 6.45) is 1.40. The monoisotopic (exact) mass is 158 g/mol. The number of nitrogens with zero attached hydrogens (tertiary/aromatic N) is 1. The van der Waals surface area contributed by atoms with Crippen LogP contribution in [0, 0.1) is 0 Å². The lowest BCUT2D eigenvalue weighted by Gasteiger charge is -2.22. The highest BCUT2D eigenvalue weighted by Crippen LogP contribution is 2.09. The minimum atomic E-state index is -0.940. The zero-order chi connectivity index (χ0) is 8.27. The fourth-order valence-corrected chi connectivity index (χ4v) is 1.40. The van der Waals surface area contributed by atoms with E-state index < -0.39 is 6.09 Å². The van der Waals surface area contributed by atoms with Crippen molar-refractivity contribution in [2.24, 2.45) is 0 Å². The molecule has 0 aromatic rings. The van der Waals surface area contributed by atoms with E-state index in [9.17, 15) is 4.79 Å². The van der Waals surface area contributed by atoms with E-state index in [1.165, 1.54) is 12.8 Å². The Morgan fingerprint density at radius 1 is 1.55 bits per heavy atom. The molecule has 0 aromatic heterocycles. The number of hydrogen-bond acceptors (Lipinski definition) is 2. The molecular formula is C7H14N2O2. The average molecular weight is 158 g/mol. The molecule has 1 atom stereocenters. The highest BCUT2D eigenvalue weighted by molar-refractivity contribution is 5.64. The van der Waals surface area contributed by atoms with Gasteiger partial charge in [0.2, 0.25) is 0 Å². The van der Waals surface area contributed by atoms with Gasteiger partial charge in [0.1, 0.15) is 0 Å². The molecule has 0 bridgehead atoms. The first kappa shape index (κ1) is 8.33. The number of rotatable bonds is 2. The predicted octanol–water partition coefficient (Wildman–Crippen LogP) is 0.696. The van der Waals surface area contributed by atoms with E-state index >= 15 is 0 Å². The van der Waals surface area contributed by atoms with Crippen LogP contribution in [0.3, 0.4) is 0 Å². The Labute approximate surface area is 66.2 Å². The molecule has 64 valence electrons. The largest absolute Gasteiger partial charge is 0.465 e. The van der Waals surface area contributed by atoms with Crippen LogP contribution in [0.5, 0.6) is 0 Å². The molecule has 0 aromatic carbocycles. The van der Waals surface area contributed by atoms with E-state index in [4.69, 9.17) is 5.11 Å². The van der Waals surface area contributed by atoms with Gasteiger partial charge >= 0.3 is 6.09 Å². The van der Waals surface area contributed by atoms with Gasteiger partial charge in [-0.05, 0) is 19.8 Å². The van der Waals surface area contributed by atoms with Crippen LogP contribution < -0.4 is 5.32 Å². The van der Waals surface area contributed by atoms with Gasteiger partial charge in [-0.2, -0.15) is 0 Å². The molecule has 1 aliphatic rings. The van der Waals surface area contributed by atoms with Gasteiger partial charge in [-0.3, -0.25) is 4.90 Å². The highest BCUT2D eigenvalue weighted by atomic mass is 16.4. The summed E-state index contributed by atoms with van der Waals surface area (Å²) in [4.78, 5) is 12.4. The van der Waals surface area contributed by atoms with Crippen molar-refractivity contribution in [2.75, 3.05) is 13.1 Å². The topological polar surface area (TPSA) is 52.6 Å². The Bertz CT molecular complexity index is 143. The number of nitrogens with one attached hydrogen (secondary N) is 1. The molecule has 0 radical (unpaired) electrons. The zero-order valence-corrected chi connectivity index (χ0v) is 6.71. The van der Waals surface area contributed by atoms with E-state index in [1.807, 2.05) is 6.92 Å². The number of likely N-dealkylation sites (tertiary alicyclic amines) is 1. The van der Waals surface area contributed by atoms with Crippen LogP contribution in [0.2, 0.25) is 0 Å².